The number of methoxy groups -OCH3 is 1. The van der Waals surface area contributed by atoms with Crippen molar-refractivity contribution in [3.8, 4) is 5.75 Å². The third-order valence-corrected chi connectivity index (χ3v) is 2.73. The lowest BCUT2D eigenvalue weighted by molar-refractivity contribution is 0.415. The molecule has 0 N–H and O–H groups in total. The lowest BCUT2D eigenvalue weighted by atomic mass is 10.2. The fourth-order valence-corrected chi connectivity index (χ4v) is 1.86. The van der Waals surface area contributed by atoms with Gasteiger partial charge in [-0.05, 0) is 24.3 Å². The van der Waals surface area contributed by atoms with Crippen molar-refractivity contribution in [1.82, 2.24) is 9.38 Å². The molecule has 2 aromatic heterocycles. The van der Waals surface area contributed by atoms with Crippen LogP contribution in [0.2, 0.25) is 0 Å². The summed E-state index contributed by atoms with van der Waals surface area (Å²) in [6, 6.07) is 10.7. The van der Waals surface area contributed by atoms with Crippen LogP contribution in [0.1, 0.15) is 0 Å². The van der Waals surface area contributed by atoms with Gasteiger partial charge in [0.15, 0.2) is 0 Å². The van der Waals surface area contributed by atoms with Gasteiger partial charge in [0.2, 0.25) is 0 Å². The van der Waals surface area contributed by atoms with E-state index in [0.29, 0.717) is 22.3 Å². The zero-order valence-corrected chi connectivity index (χ0v) is 9.25. The minimum Gasteiger partial charge on any atom is -0.497 e. The van der Waals surface area contributed by atoms with E-state index in [9.17, 15) is 4.79 Å². The summed E-state index contributed by atoms with van der Waals surface area (Å²) in [7, 11) is 1.59. The summed E-state index contributed by atoms with van der Waals surface area (Å²) in [5.74, 6) is 0.699. The topological polar surface area (TPSA) is 43.6 Å². The largest absolute Gasteiger partial charge is 0.497 e. The zero-order valence-electron chi connectivity index (χ0n) is 9.25. The van der Waals surface area contributed by atoms with E-state index < -0.39 is 0 Å². The van der Waals surface area contributed by atoms with E-state index in [0.717, 1.165) is 0 Å². The molecule has 0 atom stereocenters. The average molecular weight is 226 g/mol. The van der Waals surface area contributed by atoms with Crippen LogP contribution in [-0.4, -0.2) is 16.5 Å². The monoisotopic (exact) mass is 226 g/mol. The molecule has 3 rings (SSSR count). The normalized spacial score (nSPS) is 10.9. The number of rotatable bonds is 1. The quantitative estimate of drug-likeness (QED) is 0.595. The Morgan fingerprint density at radius 3 is 2.94 bits per heavy atom. The molecule has 0 saturated carbocycles. The van der Waals surface area contributed by atoms with Crippen LogP contribution >= 0.6 is 0 Å². The number of pyridine rings is 1. The van der Waals surface area contributed by atoms with Gasteiger partial charge in [0, 0.05) is 12.3 Å². The van der Waals surface area contributed by atoms with Crippen LogP contribution in [0.5, 0.6) is 5.75 Å². The van der Waals surface area contributed by atoms with Gasteiger partial charge in [0.25, 0.3) is 5.56 Å². The molecule has 0 aliphatic heterocycles. The minimum atomic E-state index is -0.0618. The first-order valence-corrected chi connectivity index (χ1v) is 5.25. The Hall–Kier alpha value is -2.36. The first kappa shape index (κ1) is 9.84. The summed E-state index contributed by atoms with van der Waals surface area (Å²) in [5, 5.41) is 0.592. The van der Waals surface area contributed by atoms with E-state index in [1.54, 1.807) is 37.6 Å². The fourth-order valence-electron chi connectivity index (χ4n) is 1.86. The fraction of sp³-hybridized carbons (Fsp3) is 0.0769. The number of hydrogen-bond donors (Lipinski definition) is 0. The van der Waals surface area contributed by atoms with Gasteiger partial charge in [-0.3, -0.25) is 9.20 Å². The van der Waals surface area contributed by atoms with Crippen molar-refractivity contribution in [2.24, 2.45) is 0 Å². The highest BCUT2D eigenvalue weighted by atomic mass is 16.5. The van der Waals surface area contributed by atoms with E-state index in [2.05, 4.69) is 4.98 Å². The van der Waals surface area contributed by atoms with Crippen molar-refractivity contribution in [3.63, 3.8) is 0 Å². The Morgan fingerprint density at radius 2 is 2.12 bits per heavy atom. The summed E-state index contributed by atoms with van der Waals surface area (Å²) >= 11 is 0. The second kappa shape index (κ2) is 3.59. The third-order valence-electron chi connectivity index (χ3n) is 2.73. The lowest BCUT2D eigenvalue weighted by Crippen LogP contribution is -2.14. The molecular weight excluding hydrogens is 216 g/mol. The number of nitrogens with zero attached hydrogens (tertiary/aromatic N) is 2. The maximum atomic E-state index is 12.2. The zero-order chi connectivity index (χ0) is 11.8. The van der Waals surface area contributed by atoms with Gasteiger partial charge in [-0.2, -0.15) is 0 Å². The van der Waals surface area contributed by atoms with Crippen LogP contribution in [-0.2, 0) is 0 Å². The lowest BCUT2D eigenvalue weighted by Gasteiger charge is -2.04. The van der Waals surface area contributed by atoms with Crippen molar-refractivity contribution in [3.05, 3.63) is 52.9 Å². The number of benzene rings is 1. The molecule has 0 aliphatic rings. The van der Waals surface area contributed by atoms with E-state index >= 15 is 0 Å². The van der Waals surface area contributed by atoms with Gasteiger partial charge in [-0.15, -0.1) is 0 Å². The Labute approximate surface area is 97.1 Å². The van der Waals surface area contributed by atoms with Crippen LogP contribution in [0.3, 0.4) is 0 Å². The molecule has 0 aliphatic carbocycles. The number of fused-ring (bicyclic) bond motifs is 2. The van der Waals surface area contributed by atoms with Gasteiger partial charge < -0.3 is 4.74 Å². The van der Waals surface area contributed by atoms with Crippen molar-refractivity contribution in [2.75, 3.05) is 7.11 Å². The molecule has 0 amide bonds. The molecule has 84 valence electrons. The Bertz CT molecular complexity index is 762. The molecule has 0 radical (unpaired) electrons. The van der Waals surface area contributed by atoms with Crippen molar-refractivity contribution in [2.45, 2.75) is 0 Å². The highest BCUT2D eigenvalue weighted by Gasteiger charge is 2.05. The van der Waals surface area contributed by atoms with Gasteiger partial charge in [0.05, 0.1) is 18.0 Å². The number of aromatic nitrogens is 2. The Morgan fingerprint density at radius 1 is 1.24 bits per heavy atom. The van der Waals surface area contributed by atoms with Gasteiger partial charge in [-0.1, -0.05) is 6.07 Å². The summed E-state index contributed by atoms with van der Waals surface area (Å²) in [6.45, 7) is 0. The van der Waals surface area contributed by atoms with Crippen molar-refractivity contribution < 1.29 is 4.74 Å². The summed E-state index contributed by atoms with van der Waals surface area (Å²) in [6.07, 6.45) is 1.72. The summed E-state index contributed by atoms with van der Waals surface area (Å²) in [4.78, 5) is 16.6. The van der Waals surface area contributed by atoms with Crippen molar-refractivity contribution >= 4 is 16.6 Å². The smallest absolute Gasteiger partial charge is 0.265 e. The standard InChI is InChI=1S/C13H10N2O2/c1-17-9-5-6-10-11(8-9)14-12-4-2-3-7-15(12)13(10)16/h2-8H,1H3. The minimum absolute atomic E-state index is 0.0618. The second-order valence-corrected chi connectivity index (χ2v) is 3.73. The van der Waals surface area contributed by atoms with Crippen LogP contribution in [0.4, 0.5) is 0 Å². The van der Waals surface area contributed by atoms with E-state index in [1.165, 1.54) is 4.40 Å². The first-order valence-electron chi connectivity index (χ1n) is 5.25. The predicted molar refractivity (Wildman–Crippen MR) is 65.5 cm³/mol. The van der Waals surface area contributed by atoms with Crippen LogP contribution < -0.4 is 10.3 Å². The molecule has 1 aromatic carbocycles. The summed E-state index contributed by atoms with van der Waals surface area (Å²) < 4.78 is 6.66. The molecule has 0 spiro atoms. The molecule has 4 heteroatoms. The highest BCUT2D eigenvalue weighted by molar-refractivity contribution is 5.81. The van der Waals surface area contributed by atoms with Crippen LogP contribution in [0, 0.1) is 0 Å². The van der Waals surface area contributed by atoms with Crippen LogP contribution in [0.15, 0.2) is 47.4 Å². The van der Waals surface area contributed by atoms with Gasteiger partial charge in [-0.25, -0.2) is 4.98 Å². The molecule has 17 heavy (non-hydrogen) atoms. The Kier molecular flexibility index (Phi) is 2.08. The van der Waals surface area contributed by atoms with Crippen LogP contribution in [0.25, 0.3) is 16.6 Å². The summed E-state index contributed by atoms with van der Waals surface area (Å²) in [5.41, 5.74) is 1.23. The maximum Gasteiger partial charge on any atom is 0.265 e. The molecule has 0 bridgehead atoms. The van der Waals surface area contributed by atoms with E-state index in [-0.39, 0.29) is 5.56 Å². The Balaban J connectivity index is 2.50. The molecule has 3 aromatic rings. The van der Waals surface area contributed by atoms with E-state index in [1.807, 2.05) is 12.1 Å². The van der Waals surface area contributed by atoms with Crippen molar-refractivity contribution in [1.29, 1.82) is 0 Å². The average Bonchev–Trinajstić information content (AvgIpc) is 2.38. The molecule has 0 fully saturated rings. The molecule has 0 unspecified atom stereocenters. The molecular formula is C13H10N2O2. The maximum absolute atomic E-state index is 12.2. The third kappa shape index (κ3) is 1.45. The van der Waals surface area contributed by atoms with Gasteiger partial charge >= 0.3 is 0 Å². The molecule has 2 heterocycles. The molecule has 0 saturated heterocycles. The van der Waals surface area contributed by atoms with E-state index in [4.69, 9.17) is 4.74 Å². The predicted octanol–water partition coefficient (Wildman–Crippen LogP) is 1.86. The second-order valence-electron chi connectivity index (χ2n) is 3.73. The molecule has 4 nitrogen and oxygen atoms in total. The number of hydrogen-bond acceptors (Lipinski definition) is 3. The number of ether oxygens (including phenoxy) is 1. The highest BCUT2D eigenvalue weighted by Crippen LogP contribution is 2.16. The SMILES string of the molecule is COc1ccc2c(=O)n3ccccc3nc2c1. The first-order chi connectivity index (χ1) is 8.29. The van der Waals surface area contributed by atoms with Gasteiger partial charge in [0.1, 0.15) is 11.4 Å².